The van der Waals surface area contributed by atoms with Crippen LogP contribution in [0.5, 0.6) is 0 Å². The molecule has 2 aromatic heterocycles. The molecule has 1 unspecified atom stereocenters. The standard InChI is InChI=1S/C16H24N2OS/c1-4-8-17-11-14-7-9-19-15(14)12-18(3)13(2)16-6-5-10-20-16/h5-7,9-10,13,17H,4,8,11-12H2,1-3H3. The topological polar surface area (TPSA) is 28.4 Å². The fourth-order valence-electron chi connectivity index (χ4n) is 2.17. The minimum absolute atomic E-state index is 0.413. The first-order valence-electron chi connectivity index (χ1n) is 7.22. The van der Waals surface area contributed by atoms with Gasteiger partial charge in [0.25, 0.3) is 0 Å². The zero-order valence-electron chi connectivity index (χ0n) is 12.6. The number of nitrogens with one attached hydrogen (secondary N) is 1. The van der Waals surface area contributed by atoms with Gasteiger partial charge < -0.3 is 9.73 Å². The molecule has 0 aliphatic carbocycles. The average molecular weight is 292 g/mol. The van der Waals surface area contributed by atoms with Gasteiger partial charge in [-0.15, -0.1) is 11.3 Å². The van der Waals surface area contributed by atoms with E-state index in [0.29, 0.717) is 6.04 Å². The van der Waals surface area contributed by atoms with E-state index >= 15 is 0 Å². The Hall–Kier alpha value is -1.10. The van der Waals surface area contributed by atoms with Crippen LogP contribution in [0.3, 0.4) is 0 Å². The second kappa shape index (κ2) is 7.62. The Morgan fingerprint density at radius 2 is 2.25 bits per heavy atom. The molecule has 2 rings (SSSR count). The van der Waals surface area contributed by atoms with Crippen LogP contribution in [0.1, 0.15) is 42.5 Å². The highest BCUT2D eigenvalue weighted by Gasteiger charge is 2.16. The largest absolute Gasteiger partial charge is 0.468 e. The number of hydrogen-bond acceptors (Lipinski definition) is 4. The minimum atomic E-state index is 0.413. The Bertz CT molecular complexity index is 492. The zero-order valence-corrected chi connectivity index (χ0v) is 13.4. The van der Waals surface area contributed by atoms with E-state index < -0.39 is 0 Å². The lowest BCUT2D eigenvalue weighted by Crippen LogP contribution is -2.22. The number of hydrogen-bond donors (Lipinski definition) is 1. The number of furan rings is 1. The molecule has 3 nitrogen and oxygen atoms in total. The van der Waals surface area contributed by atoms with Crippen LogP contribution in [0.2, 0.25) is 0 Å². The van der Waals surface area contributed by atoms with Gasteiger partial charge in [-0.05, 0) is 44.4 Å². The Morgan fingerprint density at radius 3 is 2.95 bits per heavy atom. The van der Waals surface area contributed by atoms with Crippen molar-refractivity contribution in [3.8, 4) is 0 Å². The van der Waals surface area contributed by atoms with Crippen LogP contribution in [0.25, 0.3) is 0 Å². The molecular formula is C16H24N2OS. The monoisotopic (exact) mass is 292 g/mol. The molecule has 0 aromatic carbocycles. The molecule has 1 atom stereocenters. The van der Waals surface area contributed by atoms with Crippen molar-refractivity contribution < 1.29 is 4.42 Å². The molecule has 0 spiro atoms. The van der Waals surface area contributed by atoms with Gasteiger partial charge in [-0.2, -0.15) is 0 Å². The van der Waals surface area contributed by atoms with Crippen molar-refractivity contribution in [1.82, 2.24) is 10.2 Å². The first-order valence-corrected chi connectivity index (χ1v) is 8.10. The first kappa shape index (κ1) is 15.3. The van der Waals surface area contributed by atoms with E-state index in [2.05, 4.69) is 54.7 Å². The van der Waals surface area contributed by atoms with E-state index in [1.54, 1.807) is 6.26 Å². The Kier molecular flexibility index (Phi) is 5.83. The van der Waals surface area contributed by atoms with Gasteiger partial charge in [0.15, 0.2) is 0 Å². The van der Waals surface area contributed by atoms with Gasteiger partial charge in [0.05, 0.1) is 12.8 Å². The summed E-state index contributed by atoms with van der Waals surface area (Å²) >= 11 is 1.81. The van der Waals surface area contributed by atoms with Crippen molar-refractivity contribution >= 4 is 11.3 Å². The molecule has 0 radical (unpaired) electrons. The molecule has 0 aliphatic rings. The van der Waals surface area contributed by atoms with Crippen molar-refractivity contribution in [3.63, 3.8) is 0 Å². The van der Waals surface area contributed by atoms with Crippen molar-refractivity contribution in [2.24, 2.45) is 0 Å². The second-order valence-corrected chi connectivity index (χ2v) is 6.13. The van der Waals surface area contributed by atoms with Crippen LogP contribution >= 0.6 is 11.3 Å². The molecular weight excluding hydrogens is 268 g/mol. The SMILES string of the molecule is CCCNCc1ccoc1CN(C)C(C)c1cccs1. The number of thiophene rings is 1. The maximum atomic E-state index is 5.66. The molecule has 0 bridgehead atoms. The minimum Gasteiger partial charge on any atom is -0.468 e. The van der Waals surface area contributed by atoms with Crippen LogP contribution in [0, 0.1) is 0 Å². The van der Waals surface area contributed by atoms with Crippen LogP contribution in [0.4, 0.5) is 0 Å². The molecule has 1 N–H and O–H groups in total. The summed E-state index contributed by atoms with van der Waals surface area (Å²) in [7, 11) is 2.15. The summed E-state index contributed by atoms with van der Waals surface area (Å²) in [6, 6.07) is 6.79. The van der Waals surface area contributed by atoms with Gasteiger partial charge in [0.2, 0.25) is 0 Å². The predicted molar refractivity (Wildman–Crippen MR) is 84.9 cm³/mol. The van der Waals surface area contributed by atoms with Crippen LogP contribution < -0.4 is 5.32 Å². The highest BCUT2D eigenvalue weighted by molar-refractivity contribution is 7.10. The van der Waals surface area contributed by atoms with E-state index in [9.17, 15) is 0 Å². The lowest BCUT2D eigenvalue weighted by atomic mass is 10.2. The van der Waals surface area contributed by atoms with Crippen LogP contribution in [-0.4, -0.2) is 18.5 Å². The summed E-state index contributed by atoms with van der Waals surface area (Å²) in [5.41, 5.74) is 1.27. The Labute approximate surface area is 125 Å². The van der Waals surface area contributed by atoms with Gasteiger partial charge in [0, 0.05) is 23.0 Å². The van der Waals surface area contributed by atoms with E-state index in [4.69, 9.17) is 4.42 Å². The Morgan fingerprint density at radius 1 is 1.40 bits per heavy atom. The third-order valence-corrected chi connectivity index (χ3v) is 4.63. The third kappa shape index (κ3) is 3.95. The summed E-state index contributed by atoms with van der Waals surface area (Å²) < 4.78 is 5.66. The lowest BCUT2D eigenvalue weighted by molar-refractivity contribution is 0.234. The van der Waals surface area contributed by atoms with Crippen LogP contribution in [-0.2, 0) is 13.1 Å². The number of rotatable bonds is 8. The summed E-state index contributed by atoms with van der Waals surface area (Å²) in [5.74, 6) is 1.07. The van der Waals surface area contributed by atoms with E-state index in [1.165, 1.54) is 10.4 Å². The first-order chi connectivity index (χ1) is 9.72. The molecule has 0 fully saturated rings. The predicted octanol–water partition coefficient (Wildman–Crippen LogP) is 4.03. The average Bonchev–Trinajstić information content (AvgIpc) is 3.10. The molecule has 0 saturated heterocycles. The highest BCUT2D eigenvalue weighted by Crippen LogP contribution is 2.25. The van der Waals surface area contributed by atoms with Gasteiger partial charge >= 0.3 is 0 Å². The summed E-state index contributed by atoms with van der Waals surface area (Å²) in [6.45, 7) is 7.20. The molecule has 0 saturated carbocycles. The van der Waals surface area contributed by atoms with Crippen molar-refractivity contribution in [3.05, 3.63) is 46.0 Å². The quantitative estimate of drug-likeness (QED) is 0.745. The summed E-state index contributed by atoms with van der Waals surface area (Å²) in [4.78, 5) is 3.72. The molecule has 20 heavy (non-hydrogen) atoms. The van der Waals surface area contributed by atoms with E-state index in [1.807, 2.05) is 11.3 Å². The molecule has 110 valence electrons. The van der Waals surface area contributed by atoms with Crippen molar-refractivity contribution in [2.45, 2.75) is 39.4 Å². The highest BCUT2D eigenvalue weighted by atomic mass is 32.1. The van der Waals surface area contributed by atoms with Gasteiger partial charge in [-0.25, -0.2) is 0 Å². The normalized spacial score (nSPS) is 13.0. The smallest absolute Gasteiger partial charge is 0.122 e. The number of nitrogens with zero attached hydrogens (tertiary/aromatic N) is 1. The van der Waals surface area contributed by atoms with Crippen molar-refractivity contribution in [1.29, 1.82) is 0 Å². The van der Waals surface area contributed by atoms with E-state index in [-0.39, 0.29) is 0 Å². The summed E-state index contributed by atoms with van der Waals surface area (Å²) in [6.07, 6.45) is 2.95. The summed E-state index contributed by atoms with van der Waals surface area (Å²) in [5, 5.41) is 5.56. The van der Waals surface area contributed by atoms with Crippen molar-refractivity contribution in [2.75, 3.05) is 13.6 Å². The molecule has 0 aliphatic heterocycles. The molecule has 4 heteroatoms. The zero-order chi connectivity index (χ0) is 14.4. The third-order valence-electron chi connectivity index (χ3n) is 3.59. The van der Waals surface area contributed by atoms with Crippen LogP contribution in [0.15, 0.2) is 34.3 Å². The fourth-order valence-corrected chi connectivity index (χ4v) is 3.02. The molecule has 2 aromatic rings. The van der Waals surface area contributed by atoms with Gasteiger partial charge in [-0.3, -0.25) is 4.90 Å². The second-order valence-electron chi connectivity index (χ2n) is 5.15. The fraction of sp³-hybridized carbons (Fsp3) is 0.500. The van der Waals surface area contributed by atoms with Gasteiger partial charge in [-0.1, -0.05) is 13.0 Å². The lowest BCUT2D eigenvalue weighted by Gasteiger charge is -2.23. The Balaban J connectivity index is 1.94. The maximum Gasteiger partial charge on any atom is 0.122 e. The maximum absolute atomic E-state index is 5.66. The van der Waals surface area contributed by atoms with E-state index in [0.717, 1.165) is 31.8 Å². The van der Waals surface area contributed by atoms with Gasteiger partial charge in [0.1, 0.15) is 5.76 Å². The molecule has 0 amide bonds. The molecule has 2 heterocycles.